The average Bonchev–Trinajstić information content (AvgIpc) is 2.88. The number of nitrogens with one attached hydrogen (secondary N) is 2. The number of carbonyl (C=O) groups is 2. The number of nitrogens with zero attached hydrogens (tertiary/aromatic N) is 1. The molecule has 3 aromatic carbocycles. The third kappa shape index (κ3) is 5.80. The Labute approximate surface area is 205 Å². The summed E-state index contributed by atoms with van der Waals surface area (Å²) in [6, 6.07) is 18.6. The number of ether oxygens (including phenoxy) is 1. The second kappa shape index (κ2) is 10.9. The van der Waals surface area contributed by atoms with Gasteiger partial charge in [0.25, 0.3) is 0 Å². The van der Waals surface area contributed by atoms with Crippen LogP contribution in [0.4, 0.5) is 10.5 Å². The molecule has 9 heteroatoms. The van der Waals surface area contributed by atoms with E-state index >= 15 is 0 Å². The summed E-state index contributed by atoms with van der Waals surface area (Å²) in [4.78, 5) is 25.1. The monoisotopic (exact) mass is 495 g/mol. The first-order valence-corrected chi connectivity index (χ1v) is 13.1. The van der Waals surface area contributed by atoms with E-state index in [4.69, 9.17) is 4.74 Å². The van der Waals surface area contributed by atoms with Crippen LogP contribution in [0.2, 0.25) is 0 Å². The first-order valence-electron chi connectivity index (χ1n) is 11.7. The Morgan fingerprint density at radius 1 is 0.914 bits per heavy atom. The Balaban J connectivity index is 1.46. The van der Waals surface area contributed by atoms with Crippen LogP contribution in [0.1, 0.15) is 31.7 Å². The fourth-order valence-corrected chi connectivity index (χ4v) is 5.83. The van der Waals surface area contributed by atoms with Gasteiger partial charge in [-0.1, -0.05) is 61.0 Å². The van der Waals surface area contributed by atoms with Crippen molar-refractivity contribution in [3.63, 3.8) is 0 Å². The van der Waals surface area contributed by atoms with Crippen LogP contribution in [0, 0.1) is 0 Å². The van der Waals surface area contributed by atoms with Crippen LogP contribution in [0.3, 0.4) is 0 Å². The van der Waals surface area contributed by atoms with E-state index < -0.39 is 28.1 Å². The molecule has 1 atom stereocenters. The van der Waals surface area contributed by atoms with Crippen molar-refractivity contribution in [3.8, 4) is 0 Å². The van der Waals surface area contributed by atoms with E-state index in [2.05, 4.69) is 10.6 Å². The molecule has 2 amide bonds. The number of piperidine rings is 1. The third-order valence-corrected chi connectivity index (χ3v) is 7.97. The van der Waals surface area contributed by atoms with E-state index in [1.807, 2.05) is 30.3 Å². The van der Waals surface area contributed by atoms with Crippen molar-refractivity contribution in [1.82, 2.24) is 9.62 Å². The van der Waals surface area contributed by atoms with Gasteiger partial charge in [0.1, 0.15) is 12.6 Å². The normalized spacial score (nSPS) is 15.3. The van der Waals surface area contributed by atoms with Gasteiger partial charge >= 0.3 is 6.09 Å². The van der Waals surface area contributed by atoms with Gasteiger partial charge in [0.2, 0.25) is 15.9 Å². The molecule has 1 aliphatic heterocycles. The molecule has 3 aromatic rings. The van der Waals surface area contributed by atoms with Crippen molar-refractivity contribution in [3.05, 3.63) is 72.3 Å². The molecule has 0 aliphatic carbocycles. The maximum atomic E-state index is 13.3. The van der Waals surface area contributed by atoms with E-state index in [-0.39, 0.29) is 11.5 Å². The average molecular weight is 496 g/mol. The number of amides is 2. The summed E-state index contributed by atoms with van der Waals surface area (Å²) in [6.45, 7) is 2.67. The van der Waals surface area contributed by atoms with Gasteiger partial charge in [-0.3, -0.25) is 4.79 Å². The summed E-state index contributed by atoms with van der Waals surface area (Å²) in [7, 11) is -3.65. The second-order valence-corrected chi connectivity index (χ2v) is 10.4. The van der Waals surface area contributed by atoms with Crippen LogP contribution in [-0.2, 0) is 26.2 Å². The lowest BCUT2D eigenvalue weighted by Crippen LogP contribution is -2.41. The van der Waals surface area contributed by atoms with Gasteiger partial charge in [0.15, 0.2) is 0 Å². The number of hydrogen-bond acceptors (Lipinski definition) is 5. The molecule has 1 saturated heterocycles. The third-order valence-electron chi connectivity index (χ3n) is 6.01. The molecular weight excluding hydrogens is 466 g/mol. The molecule has 1 fully saturated rings. The highest BCUT2D eigenvalue weighted by molar-refractivity contribution is 7.89. The molecule has 8 nitrogen and oxygen atoms in total. The number of hydrogen-bond donors (Lipinski definition) is 2. The topological polar surface area (TPSA) is 105 Å². The quantitative estimate of drug-likeness (QED) is 0.509. The summed E-state index contributed by atoms with van der Waals surface area (Å²) in [6.07, 6.45) is 2.03. The number of benzene rings is 3. The van der Waals surface area contributed by atoms with Gasteiger partial charge < -0.3 is 15.4 Å². The molecule has 35 heavy (non-hydrogen) atoms. The van der Waals surface area contributed by atoms with Gasteiger partial charge in [0, 0.05) is 29.5 Å². The Morgan fingerprint density at radius 3 is 2.34 bits per heavy atom. The smallest absolute Gasteiger partial charge is 0.408 e. The van der Waals surface area contributed by atoms with Crippen LogP contribution in [0.5, 0.6) is 0 Å². The first-order chi connectivity index (χ1) is 16.9. The molecule has 0 radical (unpaired) electrons. The standard InChI is InChI=1S/C26H29N3O5S/c1-19(27-26(31)34-18-20-10-4-2-5-11-20)25(30)28-23-14-8-13-22-21(23)12-9-15-24(22)35(32,33)29-16-6-3-7-17-29/h2,4-5,8-15,19H,3,6-7,16-18H2,1H3,(H,27,31)(H,28,30)/t19-/m1/s1. The Kier molecular flexibility index (Phi) is 7.67. The molecule has 0 aromatic heterocycles. The van der Waals surface area contributed by atoms with E-state index in [1.165, 1.54) is 4.31 Å². The lowest BCUT2D eigenvalue weighted by atomic mass is 10.1. The minimum atomic E-state index is -3.65. The van der Waals surface area contributed by atoms with Gasteiger partial charge in [-0.25, -0.2) is 13.2 Å². The predicted molar refractivity (Wildman–Crippen MR) is 134 cm³/mol. The molecule has 0 spiro atoms. The number of rotatable bonds is 7. The molecule has 1 heterocycles. The van der Waals surface area contributed by atoms with E-state index in [0.717, 1.165) is 24.8 Å². The van der Waals surface area contributed by atoms with Crippen molar-refractivity contribution in [2.24, 2.45) is 0 Å². The molecule has 4 rings (SSSR count). The number of fused-ring (bicyclic) bond motifs is 1. The van der Waals surface area contributed by atoms with Crippen LogP contribution in [-0.4, -0.2) is 43.9 Å². The Hall–Kier alpha value is -3.43. The minimum Gasteiger partial charge on any atom is -0.445 e. The molecule has 0 bridgehead atoms. The lowest BCUT2D eigenvalue weighted by Gasteiger charge is -2.26. The van der Waals surface area contributed by atoms with Crippen molar-refractivity contribution >= 4 is 38.5 Å². The molecule has 0 unspecified atom stereocenters. The summed E-state index contributed by atoms with van der Waals surface area (Å²) >= 11 is 0. The summed E-state index contributed by atoms with van der Waals surface area (Å²) in [5.41, 5.74) is 1.31. The highest BCUT2D eigenvalue weighted by Crippen LogP contribution is 2.31. The fourth-order valence-electron chi connectivity index (χ4n) is 4.11. The van der Waals surface area contributed by atoms with Crippen molar-refractivity contribution < 1.29 is 22.7 Å². The minimum absolute atomic E-state index is 0.0958. The van der Waals surface area contributed by atoms with E-state index in [0.29, 0.717) is 29.5 Å². The zero-order valence-electron chi connectivity index (χ0n) is 19.6. The maximum absolute atomic E-state index is 13.3. The number of anilines is 1. The van der Waals surface area contributed by atoms with Crippen LogP contribution in [0.15, 0.2) is 71.6 Å². The van der Waals surface area contributed by atoms with Crippen molar-refractivity contribution in [2.45, 2.75) is 43.7 Å². The number of sulfonamides is 1. The summed E-state index contributed by atoms with van der Waals surface area (Å²) in [5.74, 6) is -0.446. The van der Waals surface area contributed by atoms with E-state index in [1.54, 1.807) is 43.3 Å². The SMILES string of the molecule is C[C@@H](NC(=O)OCc1ccccc1)C(=O)Nc1cccc2c(S(=O)(=O)N3CCCCC3)cccc12. The number of carbonyl (C=O) groups excluding carboxylic acids is 2. The zero-order valence-corrected chi connectivity index (χ0v) is 20.4. The van der Waals surface area contributed by atoms with Gasteiger partial charge in [-0.05, 0) is 37.5 Å². The number of alkyl carbamates (subject to hydrolysis) is 1. The van der Waals surface area contributed by atoms with Gasteiger partial charge in [-0.2, -0.15) is 4.31 Å². The van der Waals surface area contributed by atoms with Gasteiger partial charge in [-0.15, -0.1) is 0 Å². The molecule has 1 aliphatic rings. The van der Waals surface area contributed by atoms with Crippen LogP contribution < -0.4 is 10.6 Å². The maximum Gasteiger partial charge on any atom is 0.408 e. The molecule has 0 saturated carbocycles. The van der Waals surface area contributed by atoms with Crippen LogP contribution in [0.25, 0.3) is 10.8 Å². The second-order valence-electron chi connectivity index (χ2n) is 8.54. The largest absolute Gasteiger partial charge is 0.445 e. The Bertz CT molecular complexity index is 1310. The predicted octanol–water partition coefficient (Wildman–Crippen LogP) is 4.27. The van der Waals surface area contributed by atoms with Crippen molar-refractivity contribution in [1.29, 1.82) is 0 Å². The molecular formula is C26H29N3O5S. The first kappa shape index (κ1) is 24.7. The summed E-state index contributed by atoms with van der Waals surface area (Å²) < 4.78 is 33.3. The highest BCUT2D eigenvalue weighted by atomic mass is 32.2. The Morgan fingerprint density at radius 2 is 1.60 bits per heavy atom. The van der Waals surface area contributed by atoms with Crippen molar-refractivity contribution in [2.75, 3.05) is 18.4 Å². The van der Waals surface area contributed by atoms with Crippen LogP contribution >= 0.6 is 0 Å². The lowest BCUT2D eigenvalue weighted by molar-refractivity contribution is -0.117. The fraction of sp³-hybridized carbons (Fsp3) is 0.308. The van der Waals surface area contributed by atoms with E-state index in [9.17, 15) is 18.0 Å². The molecule has 184 valence electrons. The summed E-state index contributed by atoms with van der Waals surface area (Å²) in [5, 5.41) is 6.48. The van der Waals surface area contributed by atoms with Gasteiger partial charge in [0.05, 0.1) is 4.90 Å². The highest BCUT2D eigenvalue weighted by Gasteiger charge is 2.28. The zero-order chi connectivity index (χ0) is 24.8. The molecule has 2 N–H and O–H groups in total.